The fourth-order valence-corrected chi connectivity index (χ4v) is 2.17. The second kappa shape index (κ2) is 5.57. The third-order valence-electron chi connectivity index (χ3n) is 3.24. The zero-order chi connectivity index (χ0) is 13.8. The number of nitrogens with zero attached hydrogens (tertiary/aromatic N) is 3. The van der Waals surface area contributed by atoms with Gasteiger partial charge in [-0.05, 0) is 19.4 Å². The summed E-state index contributed by atoms with van der Waals surface area (Å²) in [5, 5.41) is 9.16. The van der Waals surface area contributed by atoms with Gasteiger partial charge in [-0.15, -0.1) is 0 Å². The Bertz CT molecular complexity index is 620. The van der Waals surface area contributed by atoms with E-state index in [2.05, 4.69) is 18.0 Å². The van der Waals surface area contributed by atoms with Crippen LogP contribution in [0.1, 0.15) is 31.2 Å². The fourth-order valence-electron chi connectivity index (χ4n) is 2.17. The van der Waals surface area contributed by atoms with Gasteiger partial charge in [0.1, 0.15) is 17.3 Å². The number of aromatic nitrogens is 2. The lowest BCUT2D eigenvalue weighted by molar-refractivity contribution is 0.622. The zero-order valence-electron chi connectivity index (χ0n) is 11.3. The van der Waals surface area contributed by atoms with Gasteiger partial charge in [-0.2, -0.15) is 5.26 Å². The molecule has 19 heavy (non-hydrogen) atoms. The second-order valence-electron chi connectivity index (χ2n) is 4.56. The minimum Gasteiger partial charge on any atom is -0.383 e. The van der Waals surface area contributed by atoms with E-state index in [4.69, 9.17) is 11.0 Å². The van der Waals surface area contributed by atoms with Crippen LogP contribution in [0, 0.1) is 18.3 Å². The molecule has 2 rings (SSSR count). The van der Waals surface area contributed by atoms with Crippen LogP contribution < -0.4 is 5.73 Å². The van der Waals surface area contributed by atoms with Gasteiger partial charge in [0.15, 0.2) is 0 Å². The van der Waals surface area contributed by atoms with Gasteiger partial charge in [0.05, 0.1) is 11.6 Å². The van der Waals surface area contributed by atoms with Crippen molar-refractivity contribution in [3.63, 3.8) is 0 Å². The molecule has 0 radical (unpaired) electrons. The van der Waals surface area contributed by atoms with Crippen molar-refractivity contribution in [1.29, 1.82) is 5.26 Å². The Morgan fingerprint density at radius 3 is 2.79 bits per heavy atom. The van der Waals surface area contributed by atoms with Crippen molar-refractivity contribution >= 4 is 5.82 Å². The standard InChI is InChI=1S/C15H18N4/c1-3-4-9-19-11(2)18-14(15(19)17)13-8-6-5-7-12(13)10-16/h5-8H,3-4,9,17H2,1-2H3. The molecule has 0 saturated carbocycles. The second-order valence-corrected chi connectivity index (χ2v) is 4.56. The van der Waals surface area contributed by atoms with Crippen LogP contribution in [-0.4, -0.2) is 9.55 Å². The van der Waals surface area contributed by atoms with Crippen LogP contribution in [0.4, 0.5) is 5.82 Å². The van der Waals surface area contributed by atoms with Gasteiger partial charge in [0.2, 0.25) is 0 Å². The summed E-state index contributed by atoms with van der Waals surface area (Å²) in [6.07, 6.45) is 2.18. The van der Waals surface area contributed by atoms with Gasteiger partial charge in [-0.25, -0.2) is 4.98 Å². The summed E-state index contributed by atoms with van der Waals surface area (Å²) in [5.74, 6) is 1.54. The van der Waals surface area contributed by atoms with Gasteiger partial charge in [0.25, 0.3) is 0 Å². The van der Waals surface area contributed by atoms with Gasteiger partial charge in [0, 0.05) is 12.1 Å². The number of nitrogens with two attached hydrogens (primary N) is 1. The summed E-state index contributed by atoms with van der Waals surface area (Å²) in [7, 11) is 0. The summed E-state index contributed by atoms with van der Waals surface area (Å²) >= 11 is 0. The van der Waals surface area contributed by atoms with Crippen LogP contribution in [0.2, 0.25) is 0 Å². The van der Waals surface area contributed by atoms with Crippen LogP contribution in [0.3, 0.4) is 0 Å². The van der Waals surface area contributed by atoms with E-state index in [0.717, 1.165) is 30.8 Å². The van der Waals surface area contributed by atoms with Gasteiger partial charge in [-0.3, -0.25) is 0 Å². The van der Waals surface area contributed by atoms with Crippen LogP contribution in [0.15, 0.2) is 24.3 Å². The third kappa shape index (κ3) is 2.45. The lowest BCUT2D eigenvalue weighted by atomic mass is 10.1. The molecule has 2 N–H and O–H groups in total. The largest absolute Gasteiger partial charge is 0.383 e. The molecule has 0 aliphatic heterocycles. The van der Waals surface area contributed by atoms with Crippen molar-refractivity contribution in [3.8, 4) is 17.3 Å². The van der Waals surface area contributed by atoms with Crippen molar-refractivity contribution in [2.24, 2.45) is 0 Å². The molecule has 0 bridgehead atoms. The highest BCUT2D eigenvalue weighted by Crippen LogP contribution is 2.29. The van der Waals surface area contributed by atoms with E-state index in [1.807, 2.05) is 29.7 Å². The van der Waals surface area contributed by atoms with E-state index >= 15 is 0 Å². The van der Waals surface area contributed by atoms with Crippen molar-refractivity contribution < 1.29 is 0 Å². The molecule has 1 aromatic heterocycles. The maximum Gasteiger partial charge on any atom is 0.131 e. The van der Waals surface area contributed by atoms with E-state index in [0.29, 0.717) is 17.1 Å². The van der Waals surface area contributed by atoms with Crippen LogP contribution in [-0.2, 0) is 6.54 Å². The zero-order valence-corrected chi connectivity index (χ0v) is 11.3. The molecule has 0 aliphatic carbocycles. The number of nitrogen functional groups attached to an aromatic ring is 1. The Labute approximate surface area is 113 Å². The average Bonchev–Trinajstić information content (AvgIpc) is 2.71. The molecule has 0 unspecified atom stereocenters. The highest BCUT2D eigenvalue weighted by molar-refractivity contribution is 5.75. The first kappa shape index (κ1) is 13.2. The molecule has 0 spiro atoms. The molecule has 98 valence electrons. The number of hydrogen-bond acceptors (Lipinski definition) is 3. The van der Waals surface area contributed by atoms with Crippen molar-refractivity contribution in [1.82, 2.24) is 9.55 Å². The van der Waals surface area contributed by atoms with Gasteiger partial charge >= 0.3 is 0 Å². The lowest BCUT2D eigenvalue weighted by Gasteiger charge is -2.07. The summed E-state index contributed by atoms with van der Waals surface area (Å²) in [6.45, 7) is 4.97. The number of imidazole rings is 1. The Hall–Kier alpha value is -2.28. The van der Waals surface area contributed by atoms with E-state index < -0.39 is 0 Å². The molecular formula is C15H18N4. The Kier molecular flexibility index (Phi) is 3.86. The number of anilines is 1. The van der Waals surface area contributed by atoms with E-state index in [9.17, 15) is 0 Å². The summed E-state index contributed by atoms with van der Waals surface area (Å²) in [4.78, 5) is 4.53. The molecule has 1 aromatic carbocycles. The molecule has 0 atom stereocenters. The Morgan fingerprint density at radius 1 is 1.37 bits per heavy atom. The Balaban J connectivity index is 2.49. The van der Waals surface area contributed by atoms with Crippen molar-refractivity contribution in [2.45, 2.75) is 33.2 Å². The number of unbranched alkanes of at least 4 members (excludes halogenated alkanes) is 1. The number of rotatable bonds is 4. The first-order valence-corrected chi connectivity index (χ1v) is 6.51. The minimum absolute atomic E-state index is 0.606. The van der Waals surface area contributed by atoms with Gasteiger partial charge in [-0.1, -0.05) is 31.5 Å². The molecule has 0 saturated heterocycles. The summed E-state index contributed by atoms with van der Waals surface area (Å²) < 4.78 is 2.02. The highest BCUT2D eigenvalue weighted by Gasteiger charge is 2.15. The number of aryl methyl sites for hydroxylation is 1. The smallest absolute Gasteiger partial charge is 0.131 e. The molecule has 2 aromatic rings. The quantitative estimate of drug-likeness (QED) is 0.911. The van der Waals surface area contributed by atoms with E-state index in [1.54, 1.807) is 6.07 Å². The molecule has 4 heteroatoms. The fraction of sp³-hybridized carbons (Fsp3) is 0.333. The summed E-state index contributed by atoms with van der Waals surface area (Å²) in [5.41, 5.74) is 8.32. The molecule has 1 heterocycles. The normalized spacial score (nSPS) is 10.4. The number of hydrogen-bond donors (Lipinski definition) is 1. The van der Waals surface area contributed by atoms with Crippen molar-refractivity contribution in [2.75, 3.05) is 5.73 Å². The van der Waals surface area contributed by atoms with E-state index in [-0.39, 0.29) is 0 Å². The first-order chi connectivity index (χ1) is 9.19. The SMILES string of the molecule is CCCCn1c(C)nc(-c2ccccc2C#N)c1N. The van der Waals surface area contributed by atoms with Crippen molar-refractivity contribution in [3.05, 3.63) is 35.7 Å². The Morgan fingerprint density at radius 2 is 2.11 bits per heavy atom. The summed E-state index contributed by atoms with van der Waals surface area (Å²) in [6, 6.07) is 9.61. The topological polar surface area (TPSA) is 67.6 Å². The van der Waals surface area contributed by atoms with E-state index in [1.165, 1.54) is 0 Å². The highest BCUT2D eigenvalue weighted by atomic mass is 15.1. The predicted octanol–water partition coefficient (Wildman–Crippen LogP) is 3.11. The minimum atomic E-state index is 0.606. The molecule has 0 fully saturated rings. The maximum atomic E-state index is 9.16. The number of nitriles is 1. The monoisotopic (exact) mass is 254 g/mol. The van der Waals surface area contributed by atoms with Crippen LogP contribution in [0.25, 0.3) is 11.3 Å². The molecule has 0 amide bonds. The predicted molar refractivity (Wildman–Crippen MR) is 76.4 cm³/mol. The average molecular weight is 254 g/mol. The molecule has 4 nitrogen and oxygen atoms in total. The third-order valence-corrected chi connectivity index (χ3v) is 3.24. The van der Waals surface area contributed by atoms with Crippen LogP contribution >= 0.6 is 0 Å². The lowest BCUT2D eigenvalue weighted by Crippen LogP contribution is -2.05. The van der Waals surface area contributed by atoms with Gasteiger partial charge < -0.3 is 10.3 Å². The van der Waals surface area contributed by atoms with Crippen LogP contribution in [0.5, 0.6) is 0 Å². The molecular weight excluding hydrogens is 236 g/mol. The molecule has 0 aliphatic rings. The first-order valence-electron chi connectivity index (χ1n) is 6.51. The maximum absolute atomic E-state index is 9.16. The number of benzene rings is 1.